The predicted octanol–water partition coefficient (Wildman–Crippen LogP) is 2.23. The molecule has 3 heterocycles. The summed E-state index contributed by atoms with van der Waals surface area (Å²) in [7, 11) is -2.91. The lowest BCUT2D eigenvalue weighted by Gasteiger charge is -2.37. The van der Waals surface area contributed by atoms with E-state index in [9.17, 15) is 8.42 Å². The fourth-order valence-corrected chi connectivity index (χ4v) is 6.05. The molecule has 2 saturated heterocycles. The monoisotopic (exact) mass is 335 g/mol. The van der Waals surface area contributed by atoms with Crippen molar-refractivity contribution >= 4 is 32.8 Å². The first-order chi connectivity index (χ1) is 9.46. The standard InChI is InChI=1S/C13H18ClNO3S2/c14-10-5-12(19-8-10)7-15-11-1-3-18-13(6-11)2-4-20(16,17)9-13/h5,8,11,15H,1-4,6-7,9H2/t11-,13+/m0/s1. The van der Waals surface area contributed by atoms with Crippen molar-refractivity contribution in [1.29, 1.82) is 0 Å². The highest BCUT2D eigenvalue weighted by Gasteiger charge is 2.46. The summed E-state index contributed by atoms with van der Waals surface area (Å²) in [4.78, 5) is 1.20. The summed E-state index contributed by atoms with van der Waals surface area (Å²) >= 11 is 7.55. The number of nitrogens with one attached hydrogen (secondary N) is 1. The highest BCUT2D eigenvalue weighted by atomic mass is 35.5. The molecule has 1 aromatic rings. The van der Waals surface area contributed by atoms with Crippen molar-refractivity contribution < 1.29 is 13.2 Å². The van der Waals surface area contributed by atoms with Gasteiger partial charge in [0.2, 0.25) is 0 Å². The fourth-order valence-electron chi connectivity index (χ4n) is 3.05. The summed E-state index contributed by atoms with van der Waals surface area (Å²) in [5, 5.41) is 6.21. The first-order valence-electron chi connectivity index (χ1n) is 6.77. The maximum absolute atomic E-state index is 11.7. The summed E-state index contributed by atoms with van der Waals surface area (Å²) in [5.41, 5.74) is -0.443. The SMILES string of the molecule is O=S1(=O)CC[C@@]2(C[C@@H](NCc3cc(Cl)cs3)CCO2)C1. The van der Waals surface area contributed by atoms with Crippen molar-refractivity contribution in [1.82, 2.24) is 5.32 Å². The number of sulfone groups is 1. The number of hydrogen-bond acceptors (Lipinski definition) is 5. The van der Waals surface area contributed by atoms with Crippen molar-refractivity contribution in [3.05, 3.63) is 21.3 Å². The van der Waals surface area contributed by atoms with Gasteiger partial charge in [0.15, 0.2) is 9.84 Å². The molecule has 0 aromatic carbocycles. The van der Waals surface area contributed by atoms with E-state index < -0.39 is 15.4 Å². The first-order valence-corrected chi connectivity index (χ1v) is 9.85. The van der Waals surface area contributed by atoms with Gasteiger partial charge in [0.05, 0.1) is 22.1 Å². The van der Waals surface area contributed by atoms with Crippen LogP contribution in [0.15, 0.2) is 11.4 Å². The summed E-state index contributed by atoms with van der Waals surface area (Å²) in [6.07, 6.45) is 2.35. The van der Waals surface area contributed by atoms with Crippen molar-refractivity contribution in [3.8, 4) is 0 Å². The minimum absolute atomic E-state index is 0.184. The van der Waals surface area contributed by atoms with Crippen molar-refractivity contribution in [2.45, 2.75) is 37.5 Å². The maximum atomic E-state index is 11.7. The van der Waals surface area contributed by atoms with Gasteiger partial charge in [0, 0.05) is 29.5 Å². The topological polar surface area (TPSA) is 55.4 Å². The number of hydrogen-bond donors (Lipinski definition) is 1. The molecule has 1 N–H and O–H groups in total. The molecular weight excluding hydrogens is 318 g/mol. The van der Waals surface area contributed by atoms with Gasteiger partial charge in [-0.3, -0.25) is 0 Å². The van der Waals surface area contributed by atoms with E-state index in [0.29, 0.717) is 19.1 Å². The Morgan fingerprint density at radius 2 is 2.40 bits per heavy atom. The van der Waals surface area contributed by atoms with E-state index in [1.165, 1.54) is 4.88 Å². The lowest BCUT2D eigenvalue weighted by Crippen LogP contribution is -2.47. The van der Waals surface area contributed by atoms with Gasteiger partial charge in [0.25, 0.3) is 0 Å². The quantitative estimate of drug-likeness (QED) is 0.920. The minimum Gasteiger partial charge on any atom is -0.374 e. The Kier molecular flexibility index (Phi) is 4.12. The molecule has 3 rings (SSSR count). The molecule has 0 unspecified atom stereocenters. The molecule has 2 fully saturated rings. The molecule has 2 aliphatic rings. The minimum atomic E-state index is -2.91. The van der Waals surface area contributed by atoms with E-state index in [4.69, 9.17) is 16.3 Å². The van der Waals surface area contributed by atoms with Gasteiger partial charge >= 0.3 is 0 Å². The van der Waals surface area contributed by atoms with E-state index in [2.05, 4.69) is 5.32 Å². The zero-order valence-electron chi connectivity index (χ0n) is 11.1. The van der Waals surface area contributed by atoms with Crippen molar-refractivity contribution in [2.75, 3.05) is 18.1 Å². The molecule has 0 saturated carbocycles. The summed E-state index contributed by atoms with van der Waals surface area (Å²) in [5.74, 6) is 0.448. The van der Waals surface area contributed by atoms with Gasteiger partial charge in [0.1, 0.15) is 0 Å². The Labute approximate surface area is 128 Å². The summed E-state index contributed by atoms with van der Waals surface area (Å²) in [6.45, 7) is 1.42. The van der Waals surface area contributed by atoms with Crippen LogP contribution in [0.25, 0.3) is 0 Å². The molecule has 2 atom stereocenters. The normalized spacial score (nSPS) is 32.8. The number of thiophene rings is 1. The first kappa shape index (κ1) is 14.8. The molecule has 2 aliphatic heterocycles. The van der Waals surface area contributed by atoms with Gasteiger partial charge in [-0.05, 0) is 25.3 Å². The molecule has 0 bridgehead atoms. The second-order valence-corrected chi connectivity index (χ2v) is 9.29. The van der Waals surface area contributed by atoms with Crippen LogP contribution in [0.2, 0.25) is 5.02 Å². The lowest BCUT2D eigenvalue weighted by atomic mass is 9.90. The molecule has 112 valence electrons. The number of halogens is 1. The van der Waals surface area contributed by atoms with Crippen molar-refractivity contribution in [3.63, 3.8) is 0 Å². The van der Waals surface area contributed by atoms with Gasteiger partial charge in [-0.2, -0.15) is 0 Å². The smallest absolute Gasteiger partial charge is 0.153 e. The van der Waals surface area contributed by atoms with Crippen LogP contribution in [0.4, 0.5) is 0 Å². The van der Waals surface area contributed by atoms with E-state index in [1.807, 2.05) is 11.4 Å². The van der Waals surface area contributed by atoms with E-state index in [1.54, 1.807) is 11.3 Å². The molecular formula is C13H18ClNO3S2. The number of rotatable bonds is 3. The Morgan fingerprint density at radius 3 is 3.05 bits per heavy atom. The van der Waals surface area contributed by atoms with Crippen LogP contribution in [0.5, 0.6) is 0 Å². The molecule has 4 nitrogen and oxygen atoms in total. The molecule has 0 aliphatic carbocycles. The average molecular weight is 336 g/mol. The predicted molar refractivity (Wildman–Crippen MR) is 81.1 cm³/mol. The van der Waals surface area contributed by atoms with Crippen LogP contribution >= 0.6 is 22.9 Å². The van der Waals surface area contributed by atoms with Gasteiger partial charge in [-0.15, -0.1) is 11.3 Å². The molecule has 20 heavy (non-hydrogen) atoms. The van der Waals surface area contributed by atoms with Crippen molar-refractivity contribution in [2.24, 2.45) is 0 Å². The summed E-state index contributed by atoms with van der Waals surface area (Å²) in [6, 6.07) is 2.28. The Bertz CT molecular complexity index is 586. The van der Waals surface area contributed by atoms with Crippen LogP contribution in [0.1, 0.15) is 24.1 Å². The van der Waals surface area contributed by atoms with E-state index >= 15 is 0 Å². The zero-order valence-corrected chi connectivity index (χ0v) is 13.5. The largest absolute Gasteiger partial charge is 0.374 e. The molecule has 0 amide bonds. The summed E-state index contributed by atoms with van der Waals surface area (Å²) < 4.78 is 29.2. The third kappa shape index (κ3) is 3.36. The molecule has 1 spiro atoms. The number of ether oxygens (including phenoxy) is 1. The third-order valence-electron chi connectivity index (χ3n) is 4.03. The Balaban J connectivity index is 1.58. The van der Waals surface area contributed by atoms with Crippen LogP contribution < -0.4 is 5.32 Å². The van der Waals surface area contributed by atoms with Crippen LogP contribution in [-0.4, -0.2) is 38.2 Å². The fraction of sp³-hybridized carbons (Fsp3) is 0.692. The third-order valence-corrected chi connectivity index (χ3v) is 7.11. The Morgan fingerprint density at radius 1 is 1.55 bits per heavy atom. The van der Waals surface area contributed by atoms with Crippen LogP contribution in [0.3, 0.4) is 0 Å². The van der Waals surface area contributed by atoms with Crippen LogP contribution in [-0.2, 0) is 21.1 Å². The van der Waals surface area contributed by atoms with Gasteiger partial charge < -0.3 is 10.1 Å². The molecule has 1 aromatic heterocycles. The molecule has 7 heteroatoms. The van der Waals surface area contributed by atoms with Gasteiger partial charge in [-0.1, -0.05) is 11.6 Å². The van der Waals surface area contributed by atoms with E-state index in [0.717, 1.165) is 24.4 Å². The molecule has 0 radical (unpaired) electrons. The highest BCUT2D eigenvalue weighted by molar-refractivity contribution is 7.91. The van der Waals surface area contributed by atoms with E-state index in [-0.39, 0.29) is 11.5 Å². The van der Waals surface area contributed by atoms with Crippen LogP contribution in [0, 0.1) is 0 Å². The second-order valence-electron chi connectivity index (χ2n) is 5.68. The highest BCUT2D eigenvalue weighted by Crippen LogP contribution is 2.35. The average Bonchev–Trinajstić information content (AvgIpc) is 2.92. The van der Waals surface area contributed by atoms with Gasteiger partial charge in [-0.25, -0.2) is 8.42 Å². The lowest BCUT2D eigenvalue weighted by molar-refractivity contribution is -0.0705. The Hall–Kier alpha value is -0.140. The zero-order chi connectivity index (χ0) is 14.2. The second kappa shape index (κ2) is 5.57. The maximum Gasteiger partial charge on any atom is 0.153 e.